The van der Waals surface area contributed by atoms with E-state index in [1.807, 2.05) is 36.6 Å². The van der Waals surface area contributed by atoms with Crippen LogP contribution in [0.1, 0.15) is 23.4 Å². The van der Waals surface area contributed by atoms with Gasteiger partial charge in [0.05, 0.1) is 32.5 Å². The molecule has 2 heterocycles. The monoisotopic (exact) mass is 558 g/mol. The third kappa shape index (κ3) is 9.05. The molecule has 2 aromatic rings. The zero-order chi connectivity index (χ0) is 21.0. The molecule has 1 saturated heterocycles. The van der Waals surface area contributed by atoms with Gasteiger partial charge in [0.25, 0.3) is 0 Å². The Morgan fingerprint density at radius 1 is 1.13 bits per heavy atom. The predicted octanol–water partition coefficient (Wildman–Crippen LogP) is 3.76. The zero-order valence-electron chi connectivity index (χ0n) is 18.5. The Morgan fingerprint density at radius 2 is 1.87 bits per heavy atom. The number of nitrogens with one attached hydrogen (secondary N) is 2. The minimum absolute atomic E-state index is 0. The Bertz CT molecular complexity index is 739. The molecule has 1 aliphatic heterocycles. The molecule has 3 rings (SSSR count). The van der Waals surface area contributed by atoms with Crippen molar-refractivity contribution >= 4 is 41.3 Å². The van der Waals surface area contributed by atoms with E-state index in [4.69, 9.17) is 9.47 Å². The average molecular weight is 559 g/mol. The van der Waals surface area contributed by atoms with E-state index in [2.05, 4.69) is 57.1 Å². The molecule has 0 radical (unpaired) electrons. The van der Waals surface area contributed by atoms with Gasteiger partial charge in [-0.25, -0.2) is 0 Å². The average Bonchev–Trinajstić information content (AvgIpc) is 3.32. The predicted molar refractivity (Wildman–Crippen MR) is 139 cm³/mol. The number of morpholine rings is 1. The highest BCUT2D eigenvalue weighted by molar-refractivity contribution is 14.0. The number of rotatable bonds is 10. The molecule has 0 aliphatic carbocycles. The lowest BCUT2D eigenvalue weighted by Crippen LogP contribution is -2.46. The van der Waals surface area contributed by atoms with Crippen molar-refractivity contribution in [2.45, 2.75) is 19.6 Å². The lowest BCUT2D eigenvalue weighted by atomic mass is 10.2. The molecule has 31 heavy (non-hydrogen) atoms. The van der Waals surface area contributed by atoms with Gasteiger partial charge in [-0.1, -0.05) is 43.3 Å². The van der Waals surface area contributed by atoms with E-state index in [0.717, 1.165) is 45.4 Å². The number of thiophene rings is 1. The quantitative estimate of drug-likeness (QED) is 0.264. The highest BCUT2D eigenvalue weighted by Crippen LogP contribution is 2.25. The van der Waals surface area contributed by atoms with Gasteiger partial charge in [-0.05, 0) is 22.9 Å². The van der Waals surface area contributed by atoms with Gasteiger partial charge in [0.1, 0.15) is 0 Å². The van der Waals surface area contributed by atoms with Gasteiger partial charge in [-0.15, -0.1) is 35.3 Å². The van der Waals surface area contributed by atoms with E-state index in [1.165, 1.54) is 10.4 Å². The highest BCUT2D eigenvalue weighted by atomic mass is 127. The number of hydrogen-bond donors (Lipinski definition) is 2. The summed E-state index contributed by atoms with van der Waals surface area (Å²) in [7, 11) is 1.82. The largest absolute Gasteiger partial charge is 0.379 e. The van der Waals surface area contributed by atoms with Crippen LogP contribution in [0.25, 0.3) is 0 Å². The summed E-state index contributed by atoms with van der Waals surface area (Å²) in [5, 5.41) is 9.10. The van der Waals surface area contributed by atoms with Crippen molar-refractivity contribution in [2.75, 3.05) is 53.0 Å². The van der Waals surface area contributed by atoms with Crippen LogP contribution in [0, 0.1) is 5.92 Å². The van der Waals surface area contributed by atoms with Crippen molar-refractivity contribution in [3.05, 3.63) is 58.3 Å². The fourth-order valence-electron chi connectivity index (χ4n) is 3.48. The minimum atomic E-state index is 0. The van der Waals surface area contributed by atoms with Gasteiger partial charge < -0.3 is 20.1 Å². The van der Waals surface area contributed by atoms with Gasteiger partial charge in [-0.2, -0.15) is 0 Å². The minimum Gasteiger partial charge on any atom is -0.379 e. The maximum Gasteiger partial charge on any atom is 0.191 e. The maximum absolute atomic E-state index is 5.86. The zero-order valence-corrected chi connectivity index (χ0v) is 21.6. The van der Waals surface area contributed by atoms with Crippen molar-refractivity contribution in [3.8, 4) is 0 Å². The fourth-order valence-corrected chi connectivity index (χ4v) is 4.34. The van der Waals surface area contributed by atoms with Crippen LogP contribution < -0.4 is 10.6 Å². The van der Waals surface area contributed by atoms with Crippen LogP contribution in [0.5, 0.6) is 0 Å². The lowest BCUT2D eigenvalue weighted by molar-refractivity contribution is 0.0177. The van der Waals surface area contributed by atoms with Gasteiger partial charge in [-0.3, -0.25) is 9.89 Å². The normalized spacial score (nSPS) is 16.9. The van der Waals surface area contributed by atoms with Crippen molar-refractivity contribution < 1.29 is 9.47 Å². The van der Waals surface area contributed by atoms with Crippen LogP contribution in [-0.4, -0.2) is 63.9 Å². The summed E-state index contributed by atoms with van der Waals surface area (Å²) < 4.78 is 11.4. The SMILES string of the molecule is CN=C(NCC(C)COCc1ccccc1)NCC(c1cccs1)N1CCOCC1.I. The Kier molecular flexibility index (Phi) is 12.4. The second-order valence-electron chi connectivity index (χ2n) is 7.62. The summed E-state index contributed by atoms with van der Waals surface area (Å²) in [6.45, 7) is 8.72. The van der Waals surface area contributed by atoms with Crippen molar-refractivity contribution in [3.63, 3.8) is 0 Å². The molecule has 2 N–H and O–H groups in total. The molecule has 0 saturated carbocycles. The van der Waals surface area contributed by atoms with Crippen LogP contribution in [0.4, 0.5) is 0 Å². The van der Waals surface area contributed by atoms with Crippen LogP contribution in [0.3, 0.4) is 0 Å². The number of hydrogen-bond acceptors (Lipinski definition) is 5. The molecular weight excluding hydrogens is 523 g/mol. The topological polar surface area (TPSA) is 58.1 Å². The Morgan fingerprint density at radius 3 is 2.55 bits per heavy atom. The third-order valence-electron chi connectivity index (χ3n) is 5.18. The first kappa shape index (κ1) is 26.1. The second-order valence-corrected chi connectivity index (χ2v) is 8.60. The summed E-state index contributed by atoms with van der Waals surface area (Å²) in [6.07, 6.45) is 0. The van der Waals surface area contributed by atoms with Gasteiger partial charge in [0.2, 0.25) is 0 Å². The molecule has 0 spiro atoms. The third-order valence-corrected chi connectivity index (χ3v) is 6.15. The first-order valence-corrected chi connectivity index (χ1v) is 11.6. The van der Waals surface area contributed by atoms with Crippen molar-refractivity contribution in [1.82, 2.24) is 15.5 Å². The lowest BCUT2D eigenvalue weighted by Gasteiger charge is -2.34. The van der Waals surface area contributed by atoms with Crippen molar-refractivity contribution in [2.24, 2.45) is 10.9 Å². The van der Waals surface area contributed by atoms with E-state index >= 15 is 0 Å². The molecule has 8 heteroatoms. The van der Waals surface area contributed by atoms with Crippen LogP contribution in [0.15, 0.2) is 52.8 Å². The summed E-state index contributed by atoms with van der Waals surface area (Å²) in [4.78, 5) is 8.27. The molecule has 1 aromatic heterocycles. The Labute approximate surface area is 207 Å². The van der Waals surface area contributed by atoms with E-state index in [9.17, 15) is 0 Å². The van der Waals surface area contributed by atoms with Crippen molar-refractivity contribution in [1.29, 1.82) is 0 Å². The second kappa shape index (κ2) is 14.8. The van der Waals surface area contributed by atoms with Gasteiger partial charge in [0, 0.05) is 38.1 Å². The standard InChI is InChI=1S/C23H34N4O2S.HI/c1-19(17-29-18-20-7-4-3-5-8-20)15-25-23(24-2)26-16-21(22-9-6-14-30-22)27-10-12-28-13-11-27;/h3-9,14,19,21H,10-13,15-18H2,1-2H3,(H2,24,25,26);1H. The number of halogens is 1. The van der Waals surface area contributed by atoms with Gasteiger partial charge >= 0.3 is 0 Å². The fraction of sp³-hybridized carbons (Fsp3) is 0.522. The smallest absolute Gasteiger partial charge is 0.191 e. The summed E-state index contributed by atoms with van der Waals surface area (Å²) in [5.74, 6) is 1.22. The Hall–Kier alpha value is -1.20. The summed E-state index contributed by atoms with van der Waals surface area (Å²) in [5.41, 5.74) is 1.21. The molecule has 2 atom stereocenters. The number of guanidine groups is 1. The summed E-state index contributed by atoms with van der Waals surface area (Å²) >= 11 is 1.81. The maximum atomic E-state index is 5.86. The molecule has 6 nitrogen and oxygen atoms in total. The van der Waals surface area contributed by atoms with E-state index in [1.54, 1.807) is 0 Å². The number of ether oxygens (including phenoxy) is 2. The van der Waals surface area contributed by atoms with E-state index < -0.39 is 0 Å². The first-order chi connectivity index (χ1) is 14.8. The molecule has 1 aliphatic rings. The molecule has 1 fully saturated rings. The molecule has 0 bridgehead atoms. The van der Waals surface area contributed by atoms with E-state index in [0.29, 0.717) is 25.2 Å². The van der Waals surface area contributed by atoms with E-state index in [-0.39, 0.29) is 24.0 Å². The van der Waals surface area contributed by atoms with Crippen LogP contribution in [-0.2, 0) is 16.1 Å². The molecule has 172 valence electrons. The summed E-state index contributed by atoms with van der Waals surface area (Å²) in [6, 6.07) is 15.0. The van der Waals surface area contributed by atoms with Crippen LogP contribution in [0.2, 0.25) is 0 Å². The number of aliphatic imine (C=N–C) groups is 1. The molecule has 2 unspecified atom stereocenters. The van der Waals surface area contributed by atoms with Crippen LogP contribution >= 0.6 is 35.3 Å². The molecule has 1 aromatic carbocycles. The Balaban J connectivity index is 0.00000341. The highest BCUT2D eigenvalue weighted by Gasteiger charge is 2.23. The molecule has 0 amide bonds. The number of benzene rings is 1. The molecular formula is C23H35IN4O2S. The first-order valence-electron chi connectivity index (χ1n) is 10.7. The van der Waals surface area contributed by atoms with Gasteiger partial charge in [0.15, 0.2) is 5.96 Å². The number of nitrogens with zero attached hydrogens (tertiary/aromatic N) is 2.